The molecule has 0 radical (unpaired) electrons. The molecule has 1 saturated heterocycles. The molecule has 7 nitrogen and oxygen atoms in total. The highest BCUT2D eigenvalue weighted by molar-refractivity contribution is 7.89. The lowest BCUT2D eigenvalue weighted by Crippen LogP contribution is -2.50. The Hall–Kier alpha value is -2.45. The van der Waals surface area contributed by atoms with Gasteiger partial charge in [-0.1, -0.05) is 41.9 Å². The van der Waals surface area contributed by atoms with Crippen LogP contribution in [-0.4, -0.2) is 42.4 Å². The van der Waals surface area contributed by atoms with Gasteiger partial charge in [0.2, 0.25) is 15.9 Å². The summed E-state index contributed by atoms with van der Waals surface area (Å²) in [5.74, 6) is -0.278. The Balaban J connectivity index is 1.86. The molecular formula is C25H35N3O4S. The summed E-state index contributed by atoms with van der Waals surface area (Å²) in [5, 5.41) is 6.98. The summed E-state index contributed by atoms with van der Waals surface area (Å²) in [4.78, 5) is 12.9. The van der Waals surface area contributed by atoms with E-state index in [2.05, 4.69) is 10.5 Å². The standard InChI is InChI=1S/C25H35N3O4S/c1-7-25(5,6)26-24(29)21-9-8-14-28(16-21)33(30,31)23-19(4)27-32-22(23)13-12-20-15-17(2)10-11-18(20)3/h10-13,15,21H,7-9,14,16H2,1-6H3,(H,26,29)/b13-12+/t21-/m0/s1. The zero-order valence-electron chi connectivity index (χ0n) is 20.4. The summed E-state index contributed by atoms with van der Waals surface area (Å²) in [7, 11) is -3.87. The minimum absolute atomic E-state index is 0.0685. The number of aromatic nitrogens is 1. The first-order valence-corrected chi connectivity index (χ1v) is 12.9. The first kappa shape index (κ1) is 25.2. The Morgan fingerprint density at radius 1 is 1.27 bits per heavy atom. The highest BCUT2D eigenvalue weighted by Crippen LogP contribution is 2.30. The van der Waals surface area contributed by atoms with Crippen molar-refractivity contribution in [2.45, 2.75) is 71.2 Å². The van der Waals surface area contributed by atoms with Gasteiger partial charge in [0.1, 0.15) is 5.69 Å². The molecule has 1 aromatic carbocycles. The molecule has 1 amide bonds. The van der Waals surface area contributed by atoms with Gasteiger partial charge in [0.05, 0.1) is 5.92 Å². The first-order valence-electron chi connectivity index (χ1n) is 11.5. The largest absolute Gasteiger partial charge is 0.355 e. The summed E-state index contributed by atoms with van der Waals surface area (Å²) < 4.78 is 34.0. The molecule has 2 aromatic rings. The Morgan fingerprint density at radius 3 is 2.70 bits per heavy atom. The zero-order chi connectivity index (χ0) is 24.4. The molecule has 0 bridgehead atoms. The third kappa shape index (κ3) is 5.73. The van der Waals surface area contributed by atoms with Crippen LogP contribution >= 0.6 is 0 Å². The maximum atomic E-state index is 13.6. The highest BCUT2D eigenvalue weighted by atomic mass is 32.2. The molecule has 33 heavy (non-hydrogen) atoms. The number of nitrogens with zero attached hydrogens (tertiary/aromatic N) is 2. The molecule has 3 rings (SSSR count). The molecule has 0 unspecified atom stereocenters. The van der Waals surface area contributed by atoms with Crippen molar-refractivity contribution in [2.24, 2.45) is 5.92 Å². The van der Waals surface area contributed by atoms with Crippen molar-refractivity contribution in [1.82, 2.24) is 14.8 Å². The molecule has 1 N–H and O–H groups in total. The fourth-order valence-corrected chi connectivity index (χ4v) is 5.71. The van der Waals surface area contributed by atoms with Crippen LogP contribution in [0.15, 0.2) is 27.6 Å². The lowest BCUT2D eigenvalue weighted by molar-refractivity contribution is -0.127. The minimum Gasteiger partial charge on any atom is -0.355 e. The van der Waals surface area contributed by atoms with Gasteiger partial charge in [0.25, 0.3) is 0 Å². The number of carbonyl (C=O) groups is 1. The van der Waals surface area contributed by atoms with Crippen LogP contribution in [0.5, 0.6) is 0 Å². The van der Waals surface area contributed by atoms with E-state index in [-0.39, 0.29) is 34.6 Å². The topological polar surface area (TPSA) is 92.5 Å². The second kappa shape index (κ2) is 9.81. The normalized spacial score (nSPS) is 18.1. The van der Waals surface area contributed by atoms with E-state index in [1.54, 1.807) is 13.0 Å². The van der Waals surface area contributed by atoms with Crippen molar-refractivity contribution in [3.05, 3.63) is 46.3 Å². The van der Waals surface area contributed by atoms with Crippen LogP contribution < -0.4 is 5.32 Å². The smallest absolute Gasteiger partial charge is 0.248 e. The molecule has 0 saturated carbocycles. The highest BCUT2D eigenvalue weighted by Gasteiger charge is 2.37. The first-order chi connectivity index (χ1) is 15.4. The molecule has 1 aliphatic rings. The molecule has 0 aliphatic carbocycles. The molecule has 1 aliphatic heterocycles. The maximum Gasteiger partial charge on any atom is 0.248 e. The van der Waals surface area contributed by atoms with Crippen LogP contribution in [0.1, 0.15) is 68.2 Å². The maximum absolute atomic E-state index is 13.6. The van der Waals surface area contributed by atoms with Crippen LogP contribution in [0, 0.1) is 26.7 Å². The Bertz CT molecular complexity index is 1150. The predicted octanol–water partition coefficient (Wildman–Crippen LogP) is 4.48. The monoisotopic (exact) mass is 473 g/mol. The number of hydrogen-bond donors (Lipinski definition) is 1. The zero-order valence-corrected chi connectivity index (χ0v) is 21.3. The van der Waals surface area contributed by atoms with Crippen LogP contribution in [0.25, 0.3) is 12.2 Å². The van der Waals surface area contributed by atoms with Gasteiger partial charge in [-0.2, -0.15) is 4.31 Å². The van der Waals surface area contributed by atoms with Crippen LogP contribution in [-0.2, 0) is 14.8 Å². The van der Waals surface area contributed by atoms with Gasteiger partial charge in [0, 0.05) is 18.6 Å². The van der Waals surface area contributed by atoms with E-state index in [0.717, 1.165) is 23.1 Å². The van der Waals surface area contributed by atoms with Crippen molar-refractivity contribution in [3.63, 3.8) is 0 Å². The number of rotatable bonds is 7. The number of carbonyl (C=O) groups excluding carboxylic acids is 1. The molecule has 2 heterocycles. The van der Waals surface area contributed by atoms with Crippen molar-refractivity contribution in [1.29, 1.82) is 0 Å². The van der Waals surface area contributed by atoms with Gasteiger partial charge in [-0.3, -0.25) is 4.79 Å². The van der Waals surface area contributed by atoms with Crippen molar-refractivity contribution >= 4 is 28.1 Å². The summed E-state index contributed by atoms with van der Waals surface area (Å²) >= 11 is 0. The second-order valence-electron chi connectivity index (χ2n) is 9.58. The minimum atomic E-state index is -3.87. The number of sulfonamides is 1. The van der Waals surface area contributed by atoms with E-state index in [1.807, 2.05) is 58.9 Å². The van der Waals surface area contributed by atoms with Gasteiger partial charge in [0.15, 0.2) is 10.7 Å². The molecule has 8 heteroatoms. The fourth-order valence-electron chi connectivity index (χ4n) is 3.93. The third-order valence-electron chi connectivity index (χ3n) is 6.38. The van der Waals surface area contributed by atoms with Crippen LogP contribution in [0.2, 0.25) is 0 Å². The number of hydrogen-bond acceptors (Lipinski definition) is 5. The van der Waals surface area contributed by atoms with Crippen molar-refractivity contribution in [3.8, 4) is 0 Å². The molecule has 180 valence electrons. The second-order valence-corrected chi connectivity index (χ2v) is 11.5. The van der Waals surface area contributed by atoms with E-state index < -0.39 is 10.0 Å². The molecule has 1 aromatic heterocycles. The van der Waals surface area contributed by atoms with Crippen LogP contribution in [0.3, 0.4) is 0 Å². The van der Waals surface area contributed by atoms with Crippen molar-refractivity contribution < 1.29 is 17.7 Å². The van der Waals surface area contributed by atoms with Crippen molar-refractivity contribution in [2.75, 3.05) is 13.1 Å². The number of aryl methyl sites for hydroxylation is 3. The van der Waals surface area contributed by atoms with Crippen LogP contribution in [0.4, 0.5) is 0 Å². The molecule has 1 fully saturated rings. The summed E-state index contributed by atoms with van der Waals surface area (Å²) in [6.07, 6.45) is 5.60. The van der Waals surface area contributed by atoms with Gasteiger partial charge in [-0.15, -0.1) is 0 Å². The quantitative estimate of drug-likeness (QED) is 0.640. The Kier molecular flexibility index (Phi) is 7.49. The molecule has 1 atom stereocenters. The number of amides is 1. The average Bonchev–Trinajstić information content (AvgIpc) is 3.15. The lowest BCUT2D eigenvalue weighted by Gasteiger charge is -2.33. The van der Waals surface area contributed by atoms with E-state index in [1.165, 1.54) is 4.31 Å². The number of nitrogens with one attached hydrogen (secondary N) is 1. The summed E-state index contributed by atoms with van der Waals surface area (Å²) in [6.45, 7) is 12.1. The third-order valence-corrected chi connectivity index (χ3v) is 8.40. The SMILES string of the molecule is CCC(C)(C)NC(=O)[C@H]1CCCN(S(=O)(=O)c2c(C)noc2/C=C/c2cc(C)ccc2C)C1. The van der Waals surface area contributed by atoms with E-state index in [4.69, 9.17) is 4.52 Å². The fraction of sp³-hybridized carbons (Fsp3) is 0.520. The van der Waals surface area contributed by atoms with E-state index >= 15 is 0 Å². The number of benzene rings is 1. The predicted molar refractivity (Wildman–Crippen MR) is 130 cm³/mol. The summed E-state index contributed by atoms with van der Waals surface area (Å²) in [6, 6.07) is 6.09. The Morgan fingerprint density at radius 2 is 2.00 bits per heavy atom. The van der Waals surface area contributed by atoms with Gasteiger partial charge in [-0.05, 0) is 71.1 Å². The Labute approximate surface area is 197 Å². The lowest BCUT2D eigenvalue weighted by atomic mass is 9.95. The number of piperidine rings is 1. The summed E-state index contributed by atoms with van der Waals surface area (Å²) in [5.41, 5.74) is 3.17. The van der Waals surface area contributed by atoms with Gasteiger partial charge >= 0.3 is 0 Å². The average molecular weight is 474 g/mol. The van der Waals surface area contributed by atoms with Gasteiger partial charge < -0.3 is 9.84 Å². The van der Waals surface area contributed by atoms with E-state index in [9.17, 15) is 13.2 Å². The van der Waals surface area contributed by atoms with E-state index in [0.29, 0.717) is 25.1 Å². The molecular weight excluding hydrogens is 438 g/mol. The van der Waals surface area contributed by atoms with Gasteiger partial charge in [-0.25, -0.2) is 8.42 Å². The molecule has 0 spiro atoms.